The molecule has 0 bridgehead atoms. The van der Waals surface area contributed by atoms with Crippen LogP contribution in [0.15, 0.2) is 41.6 Å². The van der Waals surface area contributed by atoms with Crippen molar-refractivity contribution in [2.45, 2.75) is 26.7 Å². The highest BCUT2D eigenvalue weighted by atomic mass is 16.5. The van der Waals surface area contributed by atoms with Gasteiger partial charge in [0.15, 0.2) is 11.6 Å². The van der Waals surface area contributed by atoms with Gasteiger partial charge in [0.2, 0.25) is 5.91 Å². The smallest absolute Gasteiger partial charge is 0.343 e. The van der Waals surface area contributed by atoms with Crippen molar-refractivity contribution in [3.8, 4) is 5.82 Å². The number of carbonyl (C=O) groups excluding carboxylic acids is 3. The average Bonchev–Trinajstić information content (AvgIpc) is 3.18. The average molecular weight is 420 g/mol. The van der Waals surface area contributed by atoms with Crippen molar-refractivity contribution in [3.05, 3.63) is 47.7 Å². The summed E-state index contributed by atoms with van der Waals surface area (Å²) in [5, 5.41) is 11.8. The Balaban J connectivity index is 1.77. The monoisotopic (exact) mass is 420 g/mol. The normalized spacial score (nSPS) is 13.5. The van der Waals surface area contributed by atoms with Crippen LogP contribution in [0.5, 0.6) is 0 Å². The van der Waals surface area contributed by atoms with E-state index in [1.54, 1.807) is 6.92 Å². The molecule has 10 nitrogen and oxygen atoms in total. The number of benzene rings is 1. The van der Waals surface area contributed by atoms with Crippen LogP contribution in [-0.2, 0) is 14.3 Å². The summed E-state index contributed by atoms with van der Waals surface area (Å²) < 4.78 is 6.48. The van der Waals surface area contributed by atoms with Crippen LogP contribution in [0.2, 0.25) is 0 Å². The first-order chi connectivity index (χ1) is 15.0. The van der Waals surface area contributed by atoms with Gasteiger partial charge in [-0.15, -0.1) is 0 Å². The largest absolute Gasteiger partial charge is 0.462 e. The first-order valence-corrected chi connectivity index (χ1v) is 9.76. The maximum atomic E-state index is 12.8. The lowest BCUT2D eigenvalue weighted by Gasteiger charge is -2.14. The third-order valence-electron chi connectivity index (χ3n) is 4.79. The van der Waals surface area contributed by atoms with Crippen molar-refractivity contribution in [2.24, 2.45) is 5.10 Å². The number of hydrazone groups is 1. The van der Waals surface area contributed by atoms with Gasteiger partial charge in [-0.25, -0.2) is 15.2 Å². The topological polar surface area (TPSA) is 128 Å². The van der Waals surface area contributed by atoms with Crippen molar-refractivity contribution in [3.63, 3.8) is 0 Å². The Labute approximate surface area is 177 Å². The molecule has 4 rings (SSSR count). The van der Waals surface area contributed by atoms with Crippen LogP contribution in [0.4, 0.5) is 5.82 Å². The SMILES string of the molecule is CCOC(=O)c1cnn(-c2cc(C)c3ccccc3n2)c1NC(=O)C1=NNC(=O)CC1. The van der Waals surface area contributed by atoms with Crippen LogP contribution in [0.3, 0.4) is 0 Å². The Hall–Kier alpha value is -4.08. The minimum absolute atomic E-state index is 0.0863. The van der Waals surface area contributed by atoms with Gasteiger partial charge in [-0.1, -0.05) is 18.2 Å². The molecule has 1 aromatic carbocycles. The quantitative estimate of drug-likeness (QED) is 0.609. The lowest BCUT2D eigenvalue weighted by molar-refractivity contribution is -0.121. The maximum Gasteiger partial charge on any atom is 0.343 e. The highest BCUT2D eigenvalue weighted by molar-refractivity contribution is 6.43. The van der Waals surface area contributed by atoms with Crippen LogP contribution < -0.4 is 10.7 Å². The van der Waals surface area contributed by atoms with E-state index < -0.39 is 11.9 Å². The van der Waals surface area contributed by atoms with Gasteiger partial charge in [0.25, 0.3) is 5.91 Å². The third kappa shape index (κ3) is 4.00. The Kier molecular flexibility index (Phi) is 5.44. The molecule has 1 aliphatic heterocycles. The zero-order valence-corrected chi connectivity index (χ0v) is 17.0. The molecule has 0 unspecified atom stereocenters. The maximum absolute atomic E-state index is 12.8. The number of hydrogen-bond acceptors (Lipinski definition) is 7. The highest BCUT2D eigenvalue weighted by Crippen LogP contribution is 2.24. The van der Waals surface area contributed by atoms with Crippen molar-refractivity contribution in [1.82, 2.24) is 20.2 Å². The summed E-state index contributed by atoms with van der Waals surface area (Å²) in [5.74, 6) is -0.888. The van der Waals surface area contributed by atoms with Gasteiger partial charge >= 0.3 is 5.97 Å². The van der Waals surface area contributed by atoms with E-state index in [-0.39, 0.29) is 42.4 Å². The Morgan fingerprint density at radius 3 is 2.81 bits per heavy atom. The van der Waals surface area contributed by atoms with Crippen molar-refractivity contribution < 1.29 is 19.1 Å². The number of para-hydroxylation sites is 1. The predicted molar refractivity (Wildman–Crippen MR) is 113 cm³/mol. The standard InChI is InChI=1S/C21H20N6O4/c1-3-31-21(30)14-11-22-27(17-10-12(2)13-6-4-5-7-15(13)23-17)19(14)24-20(29)16-8-9-18(28)26-25-16/h4-7,10-11H,3,8-9H2,1-2H3,(H,24,29)(H,26,28). The molecular weight excluding hydrogens is 400 g/mol. The van der Waals surface area contributed by atoms with Gasteiger partial charge in [-0.2, -0.15) is 14.9 Å². The molecule has 0 atom stereocenters. The third-order valence-corrected chi connectivity index (χ3v) is 4.79. The first kappa shape index (κ1) is 20.2. The predicted octanol–water partition coefficient (Wildman–Crippen LogP) is 2.11. The molecule has 0 aliphatic carbocycles. The minimum Gasteiger partial charge on any atom is -0.462 e. The number of aryl methyl sites for hydroxylation is 1. The lowest BCUT2D eigenvalue weighted by atomic mass is 10.1. The van der Waals surface area contributed by atoms with E-state index in [1.807, 2.05) is 37.3 Å². The molecule has 2 amide bonds. The molecule has 3 heterocycles. The van der Waals surface area contributed by atoms with E-state index in [0.717, 1.165) is 16.5 Å². The zero-order chi connectivity index (χ0) is 22.0. The van der Waals surface area contributed by atoms with Crippen LogP contribution in [-0.4, -0.2) is 44.9 Å². The van der Waals surface area contributed by atoms with Crippen LogP contribution in [0, 0.1) is 6.92 Å². The number of nitrogens with zero attached hydrogens (tertiary/aromatic N) is 4. The minimum atomic E-state index is -0.625. The van der Waals surface area contributed by atoms with E-state index in [9.17, 15) is 14.4 Å². The number of hydrogen-bond donors (Lipinski definition) is 2. The lowest BCUT2D eigenvalue weighted by Crippen LogP contribution is -2.33. The van der Waals surface area contributed by atoms with Crippen LogP contribution in [0.25, 0.3) is 16.7 Å². The van der Waals surface area contributed by atoms with Crippen LogP contribution in [0.1, 0.15) is 35.7 Å². The molecule has 1 aliphatic rings. The first-order valence-electron chi connectivity index (χ1n) is 9.76. The number of nitrogens with one attached hydrogen (secondary N) is 2. The number of aromatic nitrogens is 3. The molecule has 0 fully saturated rings. The summed E-state index contributed by atoms with van der Waals surface area (Å²) in [6.45, 7) is 3.80. The summed E-state index contributed by atoms with van der Waals surface area (Å²) in [7, 11) is 0. The molecule has 0 saturated heterocycles. The number of anilines is 1. The molecular formula is C21H20N6O4. The second-order valence-corrected chi connectivity index (χ2v) is 6.90. The zero-order valence-electron chi connectivity index (χ0n) is 17.0. The molecule has 3 aromatic rings. The molecule has 2 N–H and O–H groups in total. The molecule has 0 spiro atoms. The molecule has 158 valence electrons. The van der Waals surface area contributed by atoms with E-state index in [4.69, 9.17) is 4.74 Å². The number of pyridine rings is 1. The van der Waals surface area contributed by atoms with Crippen LogP contribution >= 0.6 is 0 Å². The number of rotatable bonds is 5. The number of amides is 2. The van der Waals surface area contributed by atoms with Gasteiger partial charge in [-0.3, -0.25) is 9.59 Å². The summed E-state index contributed by atoms with van der Waals surface area (Å²) in [6.07, 6.45) is 1.67. The van der Waals surface area contributed by atoms with E-state index in [0.29, 0.717) is 5.82 Å². The van der Waals surface area contributed by atoms with Gasteiger partial charge in [-0.05, 0) is 31.5 Å². The fraction of sp³-hybridized carbons (Fsp3) is 0.238. The van der Waals surface area contributed by atoms with Crippen molar-refractivity contribution in [1.29, 1.82) is 0 Å². The summed E-state index contributed by atoms with van der Waals surface area (Å²) in [5.41, 5.74) is 4.23. The summed E-state index contributed by atoms with van der Waals surface area (Å²) in [4.78, 5) is 41.1. The van der Waals surface area contributed by atoms with Gasteiger partial charge in [0, 0.05) is 18.2 Å². The Morgan fingerprint density at radius 2 is 2.06 bits per heavy atom. The fourth-order valence-corrected chi connectivity index (χ4v) is 3.26. The van der Waals surface area contributed by atoms with Gasteiger partial charge in [0.05, 0.1) is 18.3 Å². The molecule has 0 radical (unpaired) electrons. The van der Waals surface area contributed by atoms with E-state index >= 15 is 0 Å². The fourth-order valence-electron chi connectivity index (χ4n) is 3.26. The number of ether oxygens (including phenoxy) is 1. The second-order valence-electron chi connectivity index (χ2n) is 6.90. The van der Waals surface area contributed by atoms with Crippen molar-refractivity contribution in [2.75, 3.05) is 11.9 Å². The van der Waals surface area contributed by atoms with Gasteiger partial charge < -0.3 is 10.1 Å². The molecule has 2 aromatic heterocycles. The Bertz CT molecular complexity index is 1230. The number of fused-ring (bicyclic) bond motifs is 1. The molecule has 0 saturated carbocycles. The van der Waals surface area contributed by atoms with E-state index in [1.165, 1.54) is 10.9 Å². The summed E-state index contributed by atoms with van der Waals surface area (Å²) >= 11 is 0. The second kappa shape index (κ2) is 8.34. The number of carbonyl (C=O) groups is 3. The molecule has 31 heavy (non-hydrogen) atoms. The Morgan fingerprint density at radius 1 is 1.26 bits per heavy atom. The van der Waals surface area contributed by atoms with E-state index in [2.05, 4.69) is 25.9 Å². The van der Waals surface area contributed by atoms with Gasteiger partial charge in [0.1, 0.15) is 11.3 Å². The summed E-state index contributed by atoms with van der Waals surface area (Å²) in [6, 6.07) is 9.47. The highest BCUT2D eigenvalue weighted by Gasteiger charge is 2.25. The van der Waals surface area contributed by atoms with Crippen molar-refractivity contribution >= 4 is 40.2 Å². The number of esters is 1. The molecule has 10 heteroatoms.